The first-order valence-electron chi connectivity index (χ1n) is 9.44. The fraction of sp³-hybridized carbons (Fsp3) is 0.227. The van der Waals surface area contributed by atoms with E-state index in [1.54, 1.807) is 30.3 Å². The van der Waals surface area contributed by atoms with E-state index >= 15 is 0 Å². The van der Waals surface area contributed by atoms with Crippen LogP contribution >= 0.6 is 23.8 Å². The number of amides is 2. The van der Waals surface area contributed by atoms with Gasteiger partial charge in [-0.2, -0.15) is 0 Å². The molecule has 0 aliphatic heterocycles. The Kier molecular flexibility index (Phi) is 9.31. The summed E-state index contributed by atoms with van der Waals surface area (Å²) >= 11 is 10.8. The van der Waals surface area contributed by atoms with Gasteiger partial charge < -0.3 is 4.74 Å². The van der Waals surface area contributed by atoms with Gasteiger partial charge in [-0.1, -0.05) is 55.8 Å². The fourth-order valence-corrected chi connectivity index (χ4v) is 2.75. The number of nitrogens with one attached hydrogen (secondary N) is 3. The molecule has 0 spiro atoms. The predicted octanol–water partition coefficient (Wildman–Crippen LogP) is 3.97. The number of rotatable bonds is 7. The first kappa shape index (κ1) is 23.4. The van der Waals surface area contributed by atoms with Gasteiger partial charge in [0, 0.05) is 11.1 Å². The van der Waals surface area contributed by atoms with Crippen LogP contribution in [0.25, 0.3) is 6.08 Å². The van der Waals surface area contributed by atoms with E-state index in [4.69, 9.17) is 28.6 Å². The van der Waals surface area contributed by atoms with Gasteiger partial charge in [-0.25, -0.2) is 0 Å². The summed E-state index contributed by atoms with van der Waals surface area (Å²) in [6, 6.07) is 14.6. The van der Waals surface area contributed by atoms with E-state index in [2.05, 4.69) is 30.0 Å². The van der Waals surface area contributed by atoms with Crippen LogP contribution in [-0.2, 0) is 9.59 Å². The van der Waals surface area contributed by atoms with Gasteiger partial charge in [0.1, 0.15) is 5.75 Å². The summed E-state index contributed by atoms with van der Waals surface area (Å²) in [5, 5.41) is 3.02. The number of para-hydroxylation sites is 1. The van der Waals surface area contributed by atoms with Gasteiger partial charge in [0.25, 0.3) is 5.91 Å². The lowest BCUT2D eigenvalue weighted by molar-refractivity contribution is -0.123. The van der Waals surface area contributed by atoms with Crippen LogP contribution in [0.1, 0.15) is 37.3 Å². The molecule has 2 aromatic rings. The maximum Gasteiger partial charge on any atom is 0.276 e. The molecule has 2 aromatic carbocycles. The molecule has 0 aliphatic rings. The Balaban J connectivity index is 1.75. The standard InChI is InChI=1S/C22H24ClN3O3S/c1-3-15(2)18-6-4-5-7-19(18)29-14-21(28)25-26-22(30)24-20(27)13-10-16-8-11-17(23)12-9-16/h4-13,15H,3,14H2,1-2H3,(H,25,28)(H2,24,26,27,30)/b13-10+. The van der Waals surface area contributed by atoms with Crippen molar-refractivity contribution in [1.82, 2.24) is 16.2 Å². The van der Waals surface area contributed by atoms with Crippen LogP contribution in [0.4, 0.5) is 0 Å². The zero-order chi connectivity index (χ0) is 21.9. The highest BCUT2D eigenvalue weighted by atomic mass is 35.5. The number of halogens is 1. The number of carbonyl (C=O) groups is 2. The number of benzene rings is 2. The Labute approximate surface area is 186 Å². The number of hydrazine groups is 1. The average molecular weight is 446 g/mol. The van der Waals surface area contributed by atoms with E-state index in [1.165, 1.54) is 6.08 Å². The van der Waals surface area contributed by atoms with E-state index < -0.39 is 11.8 Å². The van der Waals surface area contributed by atoms with Gasteiger partial charge in [0.15, 0.2) is 11.7 Å². The molecule has 0 saturated heterocycles. The number of carbonyl (C=O) groups excluding carboxylic acids is 2. The second-order valence-corrected chi connectivity index (χ2v) is 7.36. The topological polar surface area (TPSA) is 79.5 Å². The largest absolute Gasteiger partial charge is 0.483 e. The second-order valence-electron chi connectivity index (χ2n) is 6.51. The van der Waals surface area contributed by atoms with Crippen LogP contribution < -0.4 is 20.9 Å². The molecular formula is C22H24ClN3O3S. The summed E-state index contributed by atoms with van der Waals surface area (Å²) < 4.78 is 5.63. The van der Waals surface area contributed by atoms with Gasteiger partial charge >= 0.3 is 0 Å². The number of hydrogen-bond acceptors (Lipinski definition) is 4. The van der Waals surface area contributed by atoms with Crippen molar-refractivity contribution in [1.29, 1.82) is 0 Å². The third-order valence-electron chi connectivity index (χ3n) is 4.27. The first-order valence-corrected chi connectivity index (χ1v) is 10.2. The Bertz CT molecular complexity index is 916. The maximum absolute atomic E-state index is 12.0. The van der Waals surface area contributed by atoms with Crippen LogP contribution in [-0.4, -0.2) is 23.5 Å². The molecular weight excluding hydrogens is 422 g/mol. The molecule has 0 radical (unpaired) electrons. The quantitative estimate of drug-likeness (QED) is 0.341. The Morgan fingerprint density at radius 2 is 1.83 bits per heavy atom. The molecule has 0 saturated carbocycles. The van der Waals surface area contributed by atoms with Gasteiger partial charge in [-0.3, -0.25) is 25.8 Å². The minimum Gasteiger partial charge on any atom is -0.483 e. The SMILES string of the molecule is CCC(C)c1ccccc1OCC(=O)NNC(=S)NC(=O)/C=C/c1ccc(Cl)cc1. The summed E-state index contributed by atoms with van der Waals surface area (Å²) in [5.74, 6) is 0.133. The number of thiocarbonyl (C=S) groups is 1. The molecule has 8 heteroatoms. The normalized spacial score (nSPS) is 11.6. The third-order valence-corrected chi connectivity index (χ3v) is 4.73. The highest BCUT2D eigenvalue weighted by Crippen LogP contribution is 2.28. The number of hydrogen-bond donors (Lipinski definition) is 3. The van der Waals surface area contributed by atoms with Crippen molar-refractivity contribution in [2.45, 2.75) is 26.2 Å². The second kappa shape index (κ2) is 11.9. The summed E-state index contributed by atoms with van der Waals surface area (Å²) in [5.41, 5.74) is 6.73. The molecule has 0 bridgehead atoms. The van der Waals surface area contributed by atoms with Gasteiger partial charge in [-0.15, -0.1) is 0 Å². The smallest absolute Gasteiger partial charge is 0.276 e. The maximum atomic E-state index is 12.0. The van der Waals surface area contributed by atoms with Gasteiger partial charge in [0.2, 0.25) is 5.91 Å². The minimum atomic E-state index is -0.435. The van der Waals surface area contributed by atoms with Crippen molar-refractivity contribution in [3.63, 3.8) is 0 Å². The molecule has 6 nitrogen and oxygen atoms in total. The molecule has 158 valence electrons. The fourth-order valence-electron chi connectivity index (χ4n) is 2.48. The molecule has 0 aliphatic carbocycles. The van der Waals surface area contributed by atoms with Crippen molar-refractivity contribution in [3.05, 3.63) is 70.8 Å². The van der Waals surface area contributed by atoms with Crippen LogP contribution in [0, 0.1) is 0 Å². The van der Waals surface area contributed by atoms with Gasteiger partial charge in [-0.05, 0) is 60.0 Å². The van der Waals surface area contributed by atoms with Gasteiger partial charge in [0.05, 0.1) is 0 Å². The molecule has 0 fully saturated rings. The van der Waals surface area contributed by atoms with Crippen LogP contribution in [0.15, 0.2) is 54.6 Å². The van der Waals surface area contributed by atoms with Crippen molar-refractivity contribution in [3.8, 4) is 5.75 Å². The molecule has 1 atom stereocenters. The summed E-state index contributed by atoms with van der Waals surface area (Å²) in [4.78, 5) is 23.9. The molecule has 30 heavy (non-hydrogen) atoms. The van der Waals surface area contributed by atoms with E-state index in [0.717, 1.165) is 17.5 Å². The number of ether oxygens (including phenoxy) is 1. The molecule has 2 rings (SSSR count). The van der Waals surface area contributed by atoms with Crippen LogP contribution in [0.2, 0.25) is 5.02 Å². The molecule has 0 heterocycles. The minimum absolute atomic E-state index is 0.0332. The monoisotopic (exact) mass is 445 g/mol. The highest BCUT2D eigenvalue weighted by Gasteiger charge is 2.11. The highest BCUT2D eigenvalue weighted by molar-refractivity contribution is 7.80. The first-order chi connectivity index (χ1) is 14.4. The zero-order valence-corrected chi connectivity index (χ0v) is 18.3. The van der Waals surface area contributed by atoms with Crippen LogP contribution in [0.5, 0.6) is 5.75 Å². The molecule has 2 amide bonds. The predicted molar refractivity (Wildman–Crippen MR) is 123 cm³/mol. The molecule has 1 unspecified atom stereocenters. The van der Waals surface area contributed by atoms with E-state index in [9.17, 15) is 9.59 Å². The van der Waals surface area contributed by atoms with Crippen LogP contribution in [0.3, 0.4) is 0 Å². The van der Waals surface area contributed by atoms with Crippen molar-refractivity contribution >= 4 is 46.8 Å². The van der Waals surface area contributed by atoms with E-state index in [0.29, 0.717) is 16.7 Å². The molecule has 0 aromatic heterocycles. The Hall–Kier alpha value is -2.90. The lowest BCUT2D eigenvalue weighted by Gasteiger charge is -2.16. The summed E-state index contributed by atoms with van der Waals surface area (Å²) in [6.07, 6.45) is 3.91. The molecule has 3 N–H and O–H groups in total. The lowest BCUT2D eigenvalue weighted by Crippen LogP contribution is -2.49. The van der Waals surface area contributed by atoms with E-state index in [-0.39, 0.29) is 11.7 Å². The van der Waals surface area contributed by atoms with E-state index in [1.807, 2.05) is 24.3 Å². The van der Waals surface area contributed by atoms with Crippen molar-refractivity contribution in [2.75, 3.05) is 6.61 Å². The summed E-state index contributed by atoms with van der Waals surface area (Å²) in [6.45, 7) is 4.01. The van der Waals surface area contributed by atoms with Crippen molar-refractivity contribution in [2.24, 2.45) is 0 Å². The lowest BCUT2D eigenvalue weighted by atomic mass is 9.98. The Morgan fingerprint density at radius 1 is 1.13 bits per heavy atom. The third kappa shape index (κ3) is 7.85. The average Bonchev–Trinajstić information content (AvgIpc) is 2.75. The Morgan fingerprint density at radius 3 is 2.53 bits per heavy atom. The van der Waals surface area contributed by atoms with Crippen molar-refractivity contribution < 1.29 is 14.3 Å². The summed E-state index contributed by atoms with van der Waals surface area (Å²) in [7, 11) is 0. The zero-order valence-electron chi connectivity index (χ0n) is 16.8.